The number of H-pyrrole nitrogens is 2. The van der Waals surface area contributed by atoms with Crippen LogP contribution in [0.15, 0.2) is 36.0 Å². The summed E-state index contributed by atoms with van der Waals surface area (Å²) < 4.78 is 0. The monoisotopic (exact) mass is 608 g/mol. The molecule has 6 nitrogen and oxygen atoms in total. The Kier molecular flexibility index (Phi) is 5.92. The molecular formula is C39H52N4O2. The number of carboxylic acids is 1. The fourth-order valence-corrected chi connectivity index (χ4v) is 13.0. The second-order valence-corrected chi connectivity index (χ2v) is 17.9. The van der Waals surface area contributed by atoms with Crippen LogP contribution in [0.3, 0.4) is 0 Å². The Balaban J connectivity index is 1.39. The summed E-state index contributed by atoms with van der Waals surface area (Å²) in [5.74, 6) is 1.28. The van der Waals surface area contributed by atoms with E-state index in [9.17, 15) is 9.90 Å². The molecule has 2 aromatic heterocycles. The number of hydrogen-bond acceptors (Lipinski definition) is 3. The zero-order valence-corrected chi connectivity index (χ0v) is 28.3. The molecule has 7 unspecified atom stereocenters. The topological polar surface area (TPSA) is 108 Å². The first-order valence-corrected chi connectivity index (χ1v) is 17.5. The molecule has 45 heavy (non-hydrogen) atoms. The predicted molar refractivity (Wildman–Crippen MR) is 180 cm³/mol. The van der Waals surface area contributed by atoms with Crippen molar-refractivity contribution in [2.45, 2.75) is 105 Å². The summed E-state index contributed by atoms with van der Waals surface area (Å²) in [4.78, 5) is 16.3. The third-order valence-corrected chi connectivity index (χ3v) is 15.0. The van der Waals surface area contributed by atoms with Crippen molar-refractivity contribution in [1.29, 1.82) is 0 Å². The maximum atomic E-state index is 12.8. The normalized spacial score (nSPS) is 39.8. The fourth-order valence-electron chi connectivity index (χ4n) is 13.0. The molecule has 8 rings (SSSR count). The number of hydrogen-bond donors (Lipinski definition) is 4. The minimum Gasteiger partial charge on any atom is -0.481 e. The van der Waals surface area contributed by atoms with Crippen LogP contribution in [0.4, 0.5) is 5.82 Å². The SMILES string of the molecule is CC1(C)CC2C3=C(c4cccc5[nH]ccc45)CC4C5(C)Cc6c(N)n[nH]c6C(C)(C)C5CCC4(C)C3(C)CCC2[C@H](C(=O)O)C1. The van der Waals surface area contributed by atoms with Gasteiger partial charge in [0.1, 0.15) is 5.82 Å². The van der Waals surface area contributed by atoms with Crippen molar-refractivity contribution in [3.8, 4) is 0 Å². The third kappa shape index (κ3) is 3.69. The molecule has 1 aromatic carbocycles. The average molecular weight is 609 g/mol. The number of nitrogens with two attached hydrogens (primary N) is 1. The number of nitrogens with zero attached hydrogens (tertiary/aromatic N) is 1. The number of anilines is 1. The number of nitrogen functional groups attached to an aromatic ring is 1. The van der Waals surface area contributed by atoms with E-state index in [0.29, 0.717) is 23.6 Å². The van der Waals surface area contributed by atoms with Crippen LogP contribution >= 0.6 is 0 Å². The van der Waals surface area contributed by atoms with E-state index in [4.69, 9.17) is 5.73 Å². The van der Waals surface area contributed by atoms with Crippen LogP contribution in [0.5, 0.6) is 0 Å². The molecule has 0 aliphatic heterocycles. The number of nitrogens with one attached hydrogen (secondary N) is 2. The molecule has 6 heteroatoms. The molecule has 5 N–H and O–H groups in total. The van der Waals surface area contributed by atoms with Crippen LogP contribution in [-0.4, -0.2) is 26.3 Å². The number of allylic oxidation sites excluding steroid dienone is 2. The molecule has 3 fully saturated rings. The first-order valence-electron chi connectivity index (χ1n) is 17.5. The Morgan fingerprint density at radius 1 is 1.00 bits per heavy atom. The zero-order valence-electron chi connectivity index (χ0n) is 28.3. The second-order valence-electron chi connectivity index (χ2n) is 17.9. The Bertz CT molecular complexity index is 1760. The largest absolute Gasteiger partial charge is 0.481 e. The van der Waals surface area contributed by atoms with E-state index in [1.54, 1.807) is 5.57 Å². The molecule has 5 aliphatic carbocycles. The van der Waals surface area contributed by atoms with E-state index in [1.807, 2.05) is 0 Å². The third-order valence-electron chi connectivity index (χ3n) is 15.0. The van der Waals surface area contributed by atoms with Crippen molar-refractivity contribution in [2.24, 2.45) is 51.2 Å². The molecule has 0 saturated heterocycles. The summed E-state index contributed by atoms with van der Waals surface area (Å²) >= 11 is 0. The molecule has 0 radical (unpaired) electrons. The van der Waals surface area contributed by atoms with E-state index in [1.165, 1.54) is 46.1 Å². The van der Waals surface area contributed by atoms with Crippen LogP contribution in [0.1, 0.15) is 110 Å². The van der Waals surface area contributed by atoms with E-state index < -0.39 is 5.97 Å². The Morgan fingerprint density at radius 3 is 2.53 bits per heavy atom. The number of benzene rings is 1. The van der Waals surface area contributed by atoms with Crippen molar-refractivity contribution in [3.63, 3.8) is 0 Å². The molecule has 0 amide bonds. The first-order chi connectivity index (χ1) is 21.1. The van der Waals surface area contributed by atoms with Gasteiger partial charge in [0.25, 0.3) is 0 Å². The lowest BCUT2D eigenvalue weighted by Gasteiger charge is -2.70. The van der Waals surface area contributed by atoms with Gasteiger partial charge >= 0.3 is 5.97 Å². The van der Waals surface area contributed by atoms with E-state index in [-0.39, 0.29) is 38.9 Å². The number of aromatic nitrogens is 3. The van der Waals surface area contributed by atoms with Gasteiger partial charge in [-0.15, -0.1) is 0 Å². The second kappa shape index (κ2) is 9.07. The van der Waals surface area contributed by atoms with Gasteiger partial charge in [-0.2, -0.15) is 5.10 Å². The Hall–Kier alpha value is -3.02. The average Bonchev–Trinajstić information content (AvgIpc) is 3.59. The van der Waals surface area contributed by atoms with E-state index in [2.05, 4.69) is 94.1 Å². The lowest BCUT2D eigenvalue weighted by molar-refractivity contribution is -0.161. The number of rotatable bonds is 2. The van der Waals surface area contributed by atoms with Crippen molar-refractivity contribution < 1.29 is 9.90 Å². The molecule has 5 aliphatic rings. The molecule has 0 spiro atoms. The highest BCUT2D eigenvalue weighted by atomic mass is 16.4. The molecule has 2 heterocycles. The summed E-state index contributed by atoms with van der Waals surface area (Å²) in [7, 11) is 0. The van der Waals surface area contributed by atoms with E-state index in [0.717, 1.165) is 38.5 Å². The standard InChI is InChI=1S/C39H52N4O2/c1-35(2)18-25-22(26(19-35)34(44)45)11-14-39(7)31(25)24(21-9-8-10-28-23(21)13-16-41-28)17-30-37(5)20-27-32(42-43-33(27)40)36(3,4)29(37)12-15-38(30,39)6/h8-10,13,16,22,25-26,29-30,41H,11-12,14-15,17-20H2,1-7H3,(H,44,45)(H3,40,42,43)/t22?,25?,26-,29?,30?,37?,38?,39?/m1/s1. The van der Waals surface area contributed by atoms with Crippen molar-refractivity contribution in [2.75, 3.05) is 5.73 Å². The van der Waals surface area contributed by atoms with Gasteiger partial charge in [0.15, 0.2) is 0 Å². The summed E-state index contributed by atoms with van der Waals surface area (Å²) in [5.41, 5.74) is 14.8. The first kappa shape index (κ1) is 29.4. The number of fused-ring (bicyclic) bond motifs is 9. The van der Waals surface area contributed by atoms with Crippen LogP contribution in [0.2, 0.25) is 0 Å². The highest BCUT2D eigenvalue weighted by molar-refractivity contribution is 5.94. The molecule has 3 saturated carbocycles. The van der Waals surface area contributed by atoms with Gasteiger partial charge in [-0.3, -0.25) is 9.89 Å². The van der Waals surface area contributed by atoms with Crippen LogP contribution in [0.25, 0.3) is 16.5 Å². The molecule has 3 aromatic rings. The van der Waals surface area contributed by atoms with E-state index >= 15 is 0 Å². The highest BCUT2D eigenvalue weighted by Crippen LogP contribution is 2.76. The zero-order chi connectivity index (χ0) is 31.9. The Labute approximate surface area is 268 Å². The number of aliphatic carboxylic acids is 1. The maximum absolute atomic E-state index is 12.8. The molecule has 240 valence electrons. The van der Waals surface area contributed by atoms with Crippen molar-refractivity contribution in [1.82, 2.24) is 15.2 Å². The van der Waals surface area contributed by atoms with Crippen molar-refractivity contribution >= 4 is 28.3 Å². The smallest absolute Gasteiger partial charge is 0.306 e. The van der Waals surface area contributed by atoms with Gasteiger partial charge in [0.05, 0.1) is 5.92 Å². The van der Waals surface area contributed by atoms with Crippen molar-refractivity contribution in [3.05, 3.63) is 52.9 Å². The molecule has 8 atom stereocenters. The number of aromatic amines is 2. The lowest BCUT2D eigenvalue weighted by atomic mass is 9.33. The summed E-state index contributed by atoms with van der Waals surface area (Å²) in [6.07, 6.45) is 10.4. The number of carboxylic acid groups (broad SMARTS) is 1. The Morgan fingerprint density at radius 2 is 1.78 bits per heavy atom. The van der Waals surface area contributed by atoms with Gasteiger partial charge in [-0.25, -0.2) is 0 Å². The van der Waals surface area contributed by atoms with Gasteiger partial charge < -0.3 is 15.8 Å². The van der Waals surface area contributed by atoms with Gasteiger partial charge in [0, 0.05) is 33.8 Å². The van der Waals surface area contributed by atoms with Gasteiger partial charge in [-0.1, -0.05) is 66.2 Å². The van der Waals surface area contributed by atoms with Gasteiger partial charge in [-0.05, 0) is 120 Å². The predicted octanol–water partition coefficient (Wildman–Crippen LogP) is 8.76. The summed E-state index contributed by atoms with van der Waals surface area (Å²) in [5, 5.41) is 19.8. The summed E-state index contributed by atoms with van der Waals surface area (Å²) in [6, 6.07) is 9.01. The van der Waals surface area contributed by atoms with Crippen LogP contribution < -0.4 is 5.73 Å². The fraction of sp³-hybridized carbons (Fsp3) is 0.641. The maximum Gasteiger partial charge on any atom is 0.306 e. The highest BCUT2D eigenvalue weighted by Gasteiger charge is 2.68. The molecule has 0 bridgehead atoms. The number of carbonyl (C=O) groups is 1. The minimum absolute atomic E-state index is 0.00925. The van der Waals surface area contributed by atoms with Crippen LogP contribution in [-0.2, 0) is 16.6 Å². The van der Waals surface area contributed by atoms with Gasteiger partial charge in [0.2, 0.25) is 0 Å². The van der Waals surface area contributed by atoms with Crippen LogP contribution in [0, 0.1) is 51.2 Å². The minimum atomic E-state index is -0.595. The lowest BCUT2D eigenvalue weighted by Crippen LogP contribution is -2.64. The molecular weight excluding hydrogens is 556 g/mol. The summed E-state index contributed by atoms with van der Waals surface area (Å²) in [6.45, 7) is 17.3. The quantitative estimate of drug-likeness (QED) is 0.233.